The van der Waals surface area contributed by atoms with Gasteiger partial charge in [0.2, 0.25) is 5.91 Å². The average Bonchev–Trinajstić information content (AvgIpc) is 2.18. The van der Waals surface area contributed by atoms with Crippen molar-refractivity contribution in [1.82, 2.24) is 5.32 Å². The summed E-state index contributed by atoms with van der Waals surface area (Å²) < 4.78 is 0. The van der Waals surface area contributed by atoms with Crippen molar-refractivity contribution < 1.29 is 4.79 Å². The van der Waals surface area contributed by atoms with Crippen LogP contribution >= 0.6 is 11.6 Å². The second-order valence-corrected chi connectivity index (χ2v) is 5.57. The molecule has 0 bridgehead atoms. The summed E-state index contributed by atoms with van der Waals surface area (Å²) in [6.07, 6.45) is 0. The molecule has 0 radical (unpaired) electrons. The van der Waals surface area contributed by atoms with E-state index in [1.165, 1.54) is 0 Å². The molecule has 0 spiro atoms. The van der Waals surface area contributed by atoms with Crippen molar-refractivity contribution in [2.24, 2.45) is 5.73 Å². The van der Waals surface area contributed by atoms with Crippen LogP contribution in [0.3, 0.4) is 0 Å². The van der Waals surface area contributed by atoms with Crippen molar-refractivity contribution in [3.05, 3.63) is 34.9 Å². The van der Waals surface area contributed by atoms with Gasteiger partial charge in [-0.1, -0.05) is 23.7 Å². The second kappa shape index (κ2) is 5.52. The largest absolute Gasteiger partial charge is 0.369 e. The Morgan fingerprint density at radius 3 is 2.29 bits per heavy atom. The first kappa shape index (κ1) is 14.0. The Bertz CT molecular complexity index is 381. The molecule has 1 aromatic rings. The van der Waals surface area contributed by atoms with Gasteiger partial charge in [-0.15, -0.1) is 0 Å². The van der Waals surface area contributed by atoms with E-state index in [4.69, 9.17) is 17.3 Å². The number of carbonyl (C=O) groups excluding carboxylic acids is 1. The lowest BCUT2D eigenvalue weighted by Gasteiger charge is -2.24. The minimum Gasteiger partial charge on any atom is -0.369 e. The molecule has 0 aromatic heterocycles. The van der Waals surface area contributed by atoms with Crippen molar-refractivity contribution in [3.8, 4) is 0 Å². The number of nitrogens with two attached hydrogens (primary N) is 1. The van der Waals surface area contributed by atoms with Crippen LogP contribution in [0.1, 0.15) is 32.3 Å². The van der Waals surface area contributed by atoms with Crippen LogP contribution in [0.5, 0.6) is 0 Å². The zero-order valence-electron chi connectivity index (χ0n) is 10.5. The highest BCUT2D eigenvalue weighted by Crippen LogP contribution is 2.18. The molecule has 1 aromatic carbocycles. The number of halogens is 1. The fraction of sp³-hybridized carbons (Fsp3) is 0.462. The van der Waals surface area contributed by atoms with Gasteiger partial charge in [0.25, 0.3) is 0 Å². The predicted octanol–water partition coefficient (Wildman–Crippen LogP) is 2.30. The number of carbonyl (C=O) groups is 1. The Balaban J connectivity index is 2.79. The lowest BCUT2D eigenvalue weighted by Crippen LogP contribution is -2.41. The smallest absolute Gasteiger partial charge is 0.226 e. The number of hydrogen-bond donors (Lipinski definition) is 2. The average molecular weight is 255 g/mol. The summed E-state index contributed by atoms with van der Waals surface area (Å²) in [5.41, 5.74) is 6.27. The lowest BCUT2D eigenvalue weighted by atomic mass is 9.97. The van der Waals surface area contributed by atoms with Gasteiger partial charge in [-0.2, -0.15) is 0 Å². The van der Waals surface area contributed by atoms with E-state index in [2.05, 4.69) is 5.32 Å². The van der Waals surface area contributed by atoms with Crippen LogP contribution in [0, 0.1) is 0 Å². The van der Waals surface area contributed by atoms with E-state index in [1.807, 2.05) is 32.9 Å². The first-order valence-electron chi connectivity index (χ1n) is 5.59. The summed E-state index contributed by atoms with van der Waals surface area (Å²) in [7, 11) is 0. The van der Waals surface area contributed by atoms with Crippen LogP contribution in [0.4, 0.5) is 0 Å². The molecule has 17 heavy (non-hydrogen) atoms. The quantitative estimate of drug-likeness (QED) is 0.866. The van der Waals surface area contributed by atoms with E-state index in [-0.39, 0.29) is 17.4 Å². The van der Waals surface area contributed by atoms with Crippen LogP contribution < -0.4 is 11.1 Å². The number of amides is 1. The van der Waals surface area contributed by atoms with E-state index in [0.29, 0.717) is 11.6 Å². The Morgan fingerprint density at radius 2 is 1.88 bits per heavy atom. The van der Waals surface area contributed by atoms with Gasteiger partial charge in [0.15, 0.2) is 0 Å². The molecule has 94 valence electrons. The highest BCUT2D eigenvalue weighted by atomic mass is 35.5. The van der Waals surface area contributed by atoms with E-state index in [9.17, 15) is 4.79 Å². The molecule has 1 atom stereocenters. The third kappa shape index (κ3) is 4.75. The summed E-state index contributed by atoms with van der Waals surface area (Å²) in [5, 5.41) is 3.94. The van der Waals surface area contributed by atoms with Gasteiger partial charge in [0.1, 0.15) is 0 Å². The zero-order valence-corrected chi connectivity index (χ0v) is 11.2. The number of benzene rings is 1. The molecular formula is C13H19ClN2O. The molecule has 1 rings (SSSR count). The highest BCUT2D eigenvalue weighted by Gasteiger charge is 2.20. The fourth-order valence-electron chi connectivity index (χ4n) is 1.49. The molecule has 0 aliphatic rings. The second-order valence-electron chi connectivity index (χ2n) is 5.14. The number of rotatable bonds is 4. The maximum absolute atomic E-state index is 11.5. The van der Waals surface area contributed by atoms with Crippen molar-refractivity contribution in [2.75, 3.05) is 6.54 Å². The summed E-state index contributed by atoms with van der Waals surface area (Å²) in [5.74, 6) is -0.657. The van der Waals surface area contributed by atoms with Crippen LogP contribution in [0.2, 0.25) is 5.02 Å². The third-order valence-electron chi connectivity index (χ3n) is 2.45. The molecule has 4 heteroatoms. The number of hydrogen-bond acceptors (Lipinski definition) is 2. The van der Waals surface area contributed by atoms with E-state index in [0.717, 1.165) is 5.56 Å². The first-order valence-corrected chi connectivity index (χ1v) is 5.97. The molecule has 3 N–H and O–H groups in total. The maximum Gasteiger partial charge on any atom is 0.226 e. The topological polar surface area (TPSA) is 55.1 Å². The third-order valence-corrected chi connectivity index (χ3v) is 2.70. The molecule has 0 saturated carbocycles. The van der Waals surface area contributed by atoms with E-state index >= 15 is 0 Å². The molecule has 0 saturated heterocycles. The Labute approximate surface area is 107 Å². The number of nitrogens with one attached hydrogen (secondary N) is 1. The Morgan fingerprint density at radius 1 is 1.35 bits per heavy atom. The predicted molar refractivity (Wildman–Crippen MR) is 71.1 cm³/mol. The zero-order chi connectivity index (χ0) is 13.1. The van der Waals surface area contributed by atoms with Crippen molar-refractivity contribution in [1.29, 1.82) is 0 Å². The first-order chi connectivity index (χ1) is 7.79. The van der Waals surface area contributed by atoms with Crippen LogP contribution in [-0.2, 0) is 4.79 Å². The maximum atomic E-state index is 11.5. The van der Waals surface area contributed by atoms with Crippen molar-refractivity contribution >= 4 is 17.5 Å². The molecule has 0 aliphatic carbocycles. The van der Waals surface area contributed by atoms with Gasteiger partial charge in [-0.05, 0) is 38.5 Å². The molecule has 0 fully saturated rings. The normalized spacial score (nSPS) is 13.4. The SMILES string of the molecule is CC(C)(C)NC[C@H](C(N)=O)c1ccc(Cl)cc1. The van der Waals surface area contributed by atoms with E-state index in [1.54, 1.807) is 12.1 Å². The van der Waals surface area contributed by atoms with Gasteiger partial charge in [-0.3, -0.25) is 4.79 Å². The molecular weight excluding hydrogens is 236 g/mol. The van der Waals surface area contributed by atoms with E-state index < -0.39 is 0 Å². The molecule has 1 amide bonds. The summed E-state index contributed by atoms with van der Waals surface area (Å²) >= 11 is 5.81. The van der Waals surface area contributed by atoms with Gasteiger partial charge in [0.05, 0.1) is 5.92 Å². The Kier molecular flexibility index (Phi) is 4.54. The molecule has 0 unspecified atom stereocenters. The minimum absolute atomic E-state index is 0.0415. The number of primary amides is 1. The van der Waals surface area contributed by atoms with Crippen LogP contribution in [0.15, 0.2) is 24.3 Å². The monoisotopic (exact) mass is 254 g/mol. The Hall–Kier alpha value is -1.06. The van der Waals surface area contributed by atoms with Crippen molar-refractivity contribution in [2.45, 2.75) is 32.2 Å². The summed E-state index contributed by atoms with van der Waals surface area (Å²) in [6.45, 7) is 6.67. The van der Waals surface area contributed by atoms with Gasteiger partial charge in [0, 0.05) is 17.1 Å². The van der Waals surface area contributed by atoms with Crippen LogP contribution in [-0.4, -0.2) is 18.0 Å². The molecule has 0 aliphatic heterocycles. The fourth-order valence-corrected chi connectivity index (χ4v) is 1.61. The molecule has 3 nitrogen and oxygen atoms in total. The minimum atomic E-state index is -0.330. The standard InChI is InChI=1S/C13H19ClN2O/c1-13(2,3)16-8-11(12(15)17)9-4-6-10(14)7-5-9/h4-7,11,16H,8H2,1-3H3,(H2,15,17)/t11-/m0/s1. The van der Waals surface area contributed by atoms with Crippen LogP contribution in [0.25, 0.3) is 0 Å². The van der Waals surface area contributed by atoms with Gasteiger partial charge < -0.3 is 11.1 Å². The molecule has 0 heterocycles. The van der Waals surface area contributed by atoms with Gasteiger partial charge >= 0.3 is 0 Å². The lowest BCUT2D eigenvalue weighted by molar-refractivity contribution is -0.119. The van der Waals surface area contributed by atoms with Gasteiger partial charge in [-0.25, -0.2) is 0 Å². The summed E-state index contributed by atoms with van der Waals surface area (Å²) in [4.78, 5) is 11.5. The highest BCUT2D eigenvalue weighted by molar-refractivity contribution is 6.30. The summed E-state index contributed by atoms with van der Waals surface area (Å²) in [6, 6.07) is 7.21. The van der Waals surface area contributed by atoms with Crippen molar-refractivity contribution in [3.63, 3.8) is 0 Å².